The zero-order valence-electron chi connectivity index (χ0n) is 14.8. The lowest BCUT2D eigenvalue weighted by Crippen LogP contribution is -2.40. The summed E-state index contributed by atoms with van der Waals surface area (Å²) in [7, 11) is 3.91. The molecule has 0 aliphatic carbocycles. The van der Waals surface area contributed by atoms with Gasteiger partial charge in [0.2, 0.25) is 0 Å². The third-order valence-electron chi connectivity index (χ3n) is 4.06. The van der Waals surface area contributed by atoms with Crippen molar-refractivity contribution in [2.24, 2.45) is 4.99 Å². The fraction of sp³-hybridized carbons (Fsp3) is 0.647. The number of aliphatic imine (C=N–C) groups is 1. The highest BCUT2D eigenvalue weighted by molar-refractivity contribution is 14.0. The lowest BCUT2D eigenvalue weighted by atomic mass is 10.3. The molecule has 0 radical (unpaired) electrons. The summed E-state index contributed by atoms with van der Waals surface area (Å²) in [5.74, 6) is 0.948. The van der Waals surface area contributed by atoms with Crippen LogP contribution >= 0.6 is 35.3 Å². The number of halogens is 1. The Morgan fingerprint density at radius 3 is 2.92 bits per heavy atom. The zero-order valence-corrected chi connectivity index (χ0v) is 18.0. The van der Waals surface area contributed by atoms with Gasteiger partial charge in [-0.2, -0.15) is 0 Å². The molecule has 0 aromatic carbocycles. The van der Waals surface area contributed by atoms with Crippen molar-refractivity contribution < 1.29 is 0 Å². The summed E-state index contributed by atoms with van der Waals surface area (Å²) in [6.07, 6.45) is 7.63. The molecule has 2 rings (SSSR count). The Balaban J connectivity index is 0.00000288. The highest BCUT2D eigenvalue weighted by Crippen LogP contribution is 2.24. The topological polar surface area (TPSA) is 43.8 Å². The van der Waals surface area contributed by atoms with Gasteiger partial charge in [0, 0.05) is 52.1 Å². The Kier molecular flexibility index (Phi) is 10.3. The SMILES string of the molecule is C=CCCCN(C)C(=NC)NCCc1csc(N2CCCC2)n1.I. The summed E-state index contributed by atoms with van der Waals surface area (Å²) in [5, 5.41) is 6.79. The minimum Gasteiger partial charge on any atom is -0.356 e. The first-order valence-electron chi connectivity index (χ1n) is 8.46. The summed E-state index contributed by atoms with van der Waals surface area (Å²) in [4.78, 5) is 13.7. The van der Waals surface area contributed by atoms with Gasteiger partial charge in [-0.3, -0.25) is 4.99 Å². The molecule has 1 aliphatic rings. The van der Waals surface area contributed by atoms with E-state index in [9.17, 15) is 0 Å². The van der Waals surface area contributed by atoms with E-state index in [1.807, 2.05) is 13.1 Å². The molecule has 0 unspecified atom stereocenters. The Morgan fingerprint density at radius 2 is 2.25 bits per heavy atom. The molecule has 1 aromatic heterocycles. The van der Waals surface area contributed by atoms with E-state index in [1.165, 1.54) is 23.7 Å². The smallest absolute Gasteiger partial charge is 0.193 e. The maximum absolute atomic E-state index is 4.76. The van der Waals surface area contributed by atoms with E-state index in [0.29, 0.717) is 0 Å². The number of nitrogens with one attached hydrogen (secondary N) is 1. The predicted octanol–water partition coefficient (Wildman–Crippen LogP) is 3.38. The van der Waals surface area contributed by atoms with Crippen molar-refractivity contribution in [2.75, 3.05) is 45.2 Å². The quantitative estimate of drug-likeness (QED) is 0.211. The van der Waals surface area contributed by atoms with Gasteiger partial charge in [-0.15, -0.1) is 41.9 Å². The molecule has 0 saturated carbocycles. The molecule has 0 atom stereocenters. The second kappa shape index (κ2) is 11.7. The van der Waals surface area contributed by atoms with Gasteiger partial charge in [0.1, 0.15) is 0 Å². The van der Waals surface area contributed by atoms with Gasteiger partial charge >= 0.3 is 0 Å². The number of nitrogens with zero attached hydrogens (tertiary/aromatic N) is 4. The van der Waals surface area contributed by atoms with Crippen LogP contribution in [0.25, 0.3) is 0 Å². The van der Waals surface area contributed by atoms with Crippen LogP contribution in [0.5, 0.6) is 0 Å². The number of aromatic nitrogens is 1. The predicted molar refractivity (Wildman–Crippen MR) is 116 cm³/mol. The Labute approximate surface area is 167 Å². The number of hydrogen-bond acceptors (Lipinski definition) is 4. The zero-order chi connectivity index (χ0) is 16.5. The maximum Gasteiger partial charge on any atom is 0.193 e. The van der Waals surface area contributed by atoms with Gasteiger partial charge in [-0.25, -0.2) is 4.98 Å². The van der Waals surface area contributed by atoms with E-state index in [0.717, 1.165) is 51.4 Å². The van der Waals surface area contributed by atoms with Crippen LogP contribution in [0.1, 0.15) is 31.4 Å². The molecule has 1 fully saturated rings. The summed E-state index contributed by atoms with van der Waals surface area (Å²) in [5.41, 5.74) is 1.18. The average Bonchev–Trinajstić information content (AvgIpc) is 3.22. The van der Waals surface area contributed by atoms with Gasteiger partial charge in [0.15, 0.2) is 11.1 Å². The van der Waals surface area contributed by atoms with E-state index in [-0.39, 0.29) is 24.0 Å². The molecule has 2 heterocycles. The van der Waals surface area contributed by atoms with Crippen LogP contribution in [0.15, 0.2) is 23.0 Å². The molecule has 1 aliphatic heterocycles. The second-order valence-electron chi connectivity index (χ2n) is 5.89. The number of anilines is 1. The first-order valence-corrected chi connectivity index (χ1v) is 9.34. The second-order valence-corrected chi connectivity index (χ2v) is 6.73. The molecular weight excluding hydrogens is 433 g/mol. The molecule has 0 bridgehead atoms. The van der Waals surface area contributed by atoms with Crippen LogP contribution in [0, 0.1) is 0 Å². The summed E-state index contributed by atoms with van der Waals surface area (Å²) in [6, 6.07) is 0. The Bertz CT molecular complexity index is 511. The first-order chi connectivity index (χ1) is 11.2. The normalized spacial score (nSPS) is 14.4. The van der Waals surface area contributed by atoms with Gasteiger partial charge in [-0.1, -0.05) is 6.08 Å². The van der Waals surface area contributed by atoms with Gasteiger partial charge in [-0.05, 0) is 25.7 Å². The minimum atomic E-state index is 0. The molecule has 1 aromatic rings. The molecule has 1 saturated heterocycles. The van der Waals surface area contributed by atoms with Crippen LogP contribution in [0.2, 0.25) is 0 Å². The maximum atomic E-state index is 4.76. The fourth-order valence-electron chi connectivity index (χ4n) is 2.73. The minimum absolute atomic E-state index is 0. The van der Waals surface area contributed by atoms with E-state index < -0.39 is 0 Å². The molecule has 0 spiro atoms. The van der Waals surface area contributed by atoms with Crippen LogP contribution in [-0.4, -0.2) is 56.1 Å². The monoisotopic (exact) mass is 463 g/mol. The molecule has 5 nitrogen and oxygen atoms in total. The average molecular weight is 463 g/mol. The summed E-state index contributed by atoms with van der Waals surface area (Å²) >= 11 is 1.77. The molecule has 7 heteroatoms. The molecule has 136 valence electrons. The standard InChI is InChI=1S/C17H29N5S.HI/c1-4-5-6-11-21(3)16(18-2)19-10-9-15-14-23-17(20-15)22-12-7-8-13-22;/h4,14H,1,5-13H2,2-3H3,(H,18,19);1H. The molecule has 24 heavy (non-hydrogen) atoms. The van der Waals surface area contributed by atoms with Crippen molar-refractivity contribution in [3.8, 4) is 0 Å². The van der Waals surface area contributed by atoms with Crippen LogP contribution in [0.3, 0.4) is 0 Å². The lowest BCUT2D eigenvalue weighted by molar-refractivity contribution is 0.470. The highest BCUT2D eigenvalue weighted by atomic mass is 127. The number of guanidine groups is 1. The van der Waals surface area contributed by atoms with Crippen molar-refractivity contribution in [3.63, 3.8) is 0 Å². The van der Waals surface area contributed by atoms with Crippen molar-refractivity contribution in [1.29, 1.82) is 0 Å². The number of hydrogen-bond donors (Lipinski definition) is 1. The van der Waals surface area contributed by atoms with Crippen LogP contribution < -0.4 is 10.2 Å². The van der Waals surface area contributed by atoms with Gasteiger partial charge < -0.3 is 15.1 Å². The highest BCUT2D eigenvalue weighted by Gasteiger charge is 2.15. The Morgan fingerprint density at radius 1 is 1.50 bits per heavy atom. The Hall–Kier alpha value is -0.830. The van der Waals surface area contributed by atoms with Crippen LogP contribution in [0.4, 0.5) is 5.13 Å². The van der Waals surface area contributed by atoms with Crippen LogP contribution in [-0.2, 0) is 6.42 Å². The number of rotatable bonds is 8. The third kappa shape index (κ3) is 6.58. The number of allylic oxidation sites excluding steroid dienone is 1. The summed E-state index contributed by atoms with van der Waals surface area (Å²) < 4.78 is 0. The van der Waals surface area contributed by atoms with Gasteiger partial charge in [0.25, 0.3) is 0 Å². The third-order valence-corrected chi connectivity index (χ3v) is 5.01. The first kappa shape index (κ1) is 21.2. The van der Waals surface area contributed by atoms with Crippen molar-refractivity contribution in [1.82, 2.24) is 15.2 Å². The van der Waals surface area contributed by atoms with E-state index >= 15 is 0 Å². The summed E-state index contributed by atoms with van der Waals surface area (Å²) in [6.45, 7) is 7.93. The van der Waals surface area contributed by atoms with Crippen molar-refractivity contribution >= 4 is 46.4 Å². The van der Waals surface area contributed by atoms with Gasteiger partial charge in [0.05, 0.1) is 5.69 Å². The largest absolute Gasteiger partial charge is 0.356 e. The number of unbranched alkanes of at least 4 members (excludes halogenated alkanes) is 1. The fourth-order valence-corrected chi connectivity index (χ4v) is 3.64. The molecule has 0 amide bonds. The molecular formula is C17H30IN5S. The van der Waals surface area contributed by atoms with E-state index in [4.69, 9.17) is 4.98 Å². The van der Waals surface area contributed by atoms with Crippen molar-refractivity contribution in [3.05, 3.63) is 23.7 Å². The van der Waals surface area contributed by atoms with Crippen molar-refractivity contribution in [2.45, 2.75) is 32.1 Å². The van der Waals surface area contributed by atoms with E-state index in [1.54, 1.807) is 11.3 Å². The number of thiazole rings is 1. The van der Waals surface area contributed by atoms with E-state index in [2.05, 4.69) is 39.1 Å². The molecule has 1 N–H and O–H groups in total. The lowest BCUT2D eigenvalue weighted by Gasteiger charge is -2.21.